The smallest absolute Gasteiger partial charge is 0.261 e. The quantitative estimate of drug-likeness (QED) is 0.887. The number of hydrogen-bond acceptors (Lipinski definition) is 5. The van der Waals surface area contributed by atoms with Crippen molar-refractivity contribution in [2.75, 3.05) is 24.8 Å². The summed E-state index contributed by atoms with van der Waals surface area (Å²) in [5, 5.41) is 0.702. The number of hydrogen-bond donors (Lipinski definition) is 2. The molecule has 0 saturated carbocycles. The molecule has 112 valence electrons. The molecule has 1 heterocycles. The number of methoxy groups -OCH3 is 1. The average molecular weight is 309 g/mol. The van der Waals surface area contributed by atoms with Crippen LogP contribution in [0.15, 0.2) is 24.3 Å². The molecule has 0 saturated heterocycles. The normalized spacial score (nSPS) is 10.4. The van der Waals surface area contributed by atoms with E-state index in [1.165, 1.54) is 30.6 Å². The van der Waals surface area contributed by atoms with E-state index in [4.69, 9.17) is 16.2 Å². The van der Waals surface area contributed by atoms with Crippen LogP contribution in [0.25, 0.3) is 0 Å². The Labute approximate surface area is 125 Å². The molecule has 7 heteroatoms. The number of primary amides is 1. The summed E-state index contributed by atoms with van der Waals surface area (Å²) >= 11 is 1.18. The molecule has 2 rings (SSSR count). The van der Waals surface area contributed by atoms with Gasteiger partial charge in [-0.3, -0.25) is 4.79 Å². The average Bonchev–Trinajstić information content (AvgIpc) is 2.78. The molecule has 5 nitrogen and oxygen atoms in total. The van der Waals surface area contributed by atoms with Crippen LogP contribution in [0.1, 0.15) is 15.2 Å². The van der Waals surface area contributed by atoms with Gasteiger partial charge in [0.1, 0.15) is 21.4 Å². The van der Waals surface area contributed by atoms with Crippen LogP contribution in [0.5, 0.6) is 5.75 Å². The maximum absolute atomic E-state index is 12.9. The first-order valence-corrected chi connectivity index (χ1v) is 6.97. The first kappa shape index (κ1) is 15.1. The predicted octanol–water partition coefficient (Wildman–Crippen LogP) is 2.21. The lowest BCUT2D eigenvalue weighted by molar-refractivity contribution is 0.100. The fraction of sp³-hybridized carbons (Fsp3) is 0.214. The van der Waals surface area contributed by atoms with Crippen LogP contribution in [0.2, 0.25) is 0 Å². The van der Waals surface area contributed by atoms with Gasteiger partial charge in [-0.15, -0.1) is 11.3 Å². The topological polar surface area (TPSA) is 81.6 Å². The van der Waals surface area contributed by atoms with Crippen molar-refractivity contribution in [2.24, 2.45) is 5.73 Å². The molecule has 0 bridgehead atoms. The number of ether oxygens (including phenoxy) is 1. The minimum Gasteiger partial charge on any atom is -0.492 e. The largest absolute Gasteiger partial charge is 0.492 e. The Balaban J connectivity index is 2.30. The van der Waals surface area contributed by atoms with Gasteiger partial charge in [-0.1, -0.05) is 12.1 Å². The number of thiophene rings is 1. The van der Waals surface area contributed by atoms with Crippen LogP contribution < -0.4 is 21.1 Å². The van der Waals surface area contributed by atoms with Crippen LogP contribution in [0, 0.1) is 5.82 Å². The SMILES string of the molecule is COc1c(N(C)Cc2ccc(F)cc2)sc(C(N)=O)c1N. The van der Waals surface area contributed by atoms with Gasteiger partial charge in [-0.2, -0.15) is 0 Å². The summed E-state index contributed by atoms with van der Waals surface area (Å²) < 4.78 is 18.2. The molecule has 1 aromatic carbocycles. The summed E-state index contributed by atoms with van der Waals surface area (Å²) in [6.07, 6.45) is 0. The van der Waals surface area contributed by atoms with E-state index >= 15 is 0 Å². The van der Waals surface area contributed by atoms with Crippen molar-refractivity contribution in [3.8, 4) is 5.75 Å². The summed E-state index contributed by atoms with van der Waals surface area (Å²) in [4.78, 5) is 13.5. The lowest BCUT2D eigenvalue weighted by Crippen LogP contribution is -2.15. The summed E-state index contributed by atoms with van der Waals surface area (Å²) in [7, 11) is 3.32. The molecule has 0 fully saturated rings. The van der Waals surface area contributed by atoms with Crippen LogP contribution in [0.3, 0.4) is 0 Å². The van der Waals surface area contributed by atoms with E-state index in [2.05, 4.69) is 0 Å². The molecule has 1 amide bonds. The highest BCUT2D eigenvalue weighted by Crippen LogP contribution is 2.44. The number of rotatable bonds is 5. The maximum atomic E-state index is 12.9. The van der Waals surface area contributed by atoms with Crippen LogP contribution in [0.4, 0.5) is 15.1 Å². The molecule has 4 N–H and O–H groups in total. The summed E-state index contributed by atoms with van der Waals surface area (Å²) in [6, 6.07) is 6.20. The van der Waals surface area contributed by atoms with E-state index in [9.17, 15) is 9.18 Å². The Morgan fingerprint density at radius 2 is 2.00 bits per heavy atom. The molecule has 0 atom stereocenters. The van der Waals surface area contributed by atoms with Crippen molar-refractivity contribution in [1.82, 2.24) is 0 Å². The van der Waals surface area contributed by atoms with E-state index < -0.39 is 5.91 Å². The molecule has 21 heavy (non-hydrogen) atoms. The molecule has 0 radical (unpaired) electrons. The highest BCUT2D eigenvalue weighted by molar-refractivity contribution is 7.19. The van der Waals surface area contributed by atoms with Gasteiger partial charge in [-0.25, -0.2) is 4.39 Å². The van der Waals surface area contributed by atoms with Crippen molar-refractivity contribution in [2.45, 2.75) is 6.54 Å². The third-order valence-electron chi connectivity index (χ3n) is 2.99. The first-order valence-electron chi connectivity index (χ1n) is 6.15. The van der Waals surface area contributed by atoms with E-state index in [0.29, 0.717) is 17.3 Å². The summed E-state index contributed by atoms with van der Waals surface area (Å²) in [6.45, 7) is 0.523. The number of benzene rings is 1. The molecule has 2 aromatic rings. The third-order valence-corrected chi connectivity index (χ3v) is 4.31. The highest BCUT2D eigenvalue weighted by Gasteiger charge is 2.22. The van der Waals surface area contributed by atoms with Crippen molar-refractivity contribution < 1.29 is 13.9 Å². The number of nitrogen functional groups attached to an aromatic ring is 1. The zero-order valence-electron chi connectivity index (χ0n) is 11.7. The Morgan fingerprint density at radius 1 is 1.38 bits per heavy atom. The molecular weight excluding hydrogens is 293 g/mol. The van der Waals surface area contributed by atoms with E-state index in [0.717, 1.165) is 5.56 Å². The van der Waals surface area contributed by atoms with Crippen molar-refractivity contribution in [3.63, 3.8) is 0 Å². The second-order valence-electron chi connectivity index (χ2n) is 4.53. The number of nitrogens with two attached hydrogens (primary N) is 2. The fourth-order valence-electron chi connectivity index (χ4n) is 1.98. The molecule has 0 spiro atoms. The van der Waals surface area contributed by atoms with E-state index in [1.54, 1.807) is 12.1 Å². The summed E-state index contributed by atoms with van der Waals surface area (Å²) in [5.41, 5.74) is 12.3. The molecular formula is C14H16FN3O2S. The lowest BCUT2D eigenvalue weighted by Gasteiger charge is -2.18. The number of carbonyl (C=O) groups excluding carboxylic acids is 1. The first-order chi connectivity index (χ1) is 9.93. The van der Waals surface area contributed by atoms with Gasteiger partial charge in [0.2, 0.25) is 0 Å². The second kappa shape index (κ2) is 6.01. The number of anilines is 2. The van der Waals surface area contributed by atoms with Gasteiger partial charge >= 0.3 is 0 Å². The monoisotopic (exact) mass is 309 g/mol. The number of nitrogens with zero attached hydrogens (tertiary/aromatic N) is 1. The third kappa shape index (κ3) is 3.08. The Bertz CT molecular complexity index is 655. The van der Waals surface area contributed by atoms with Gasteiger partial charge in [0.05, 0.1) is 7.11 Å². The molecule has 0 aliphatic rings. The van der Waals surface area contributed by atoms with Gasteiger partial charge in [-0.05, 0) is 17.7 Å². The predicted molar refractivity (Wildman–Crippen MR) is 82.3 cm³/mol. The van der Waals surface area contributed by atoms with Crippen molar-refractivity contribution >= 4 is 27.9 Å². The van der Waals surface area contributed by atoms with Crippen LogP contribution in [-0.2, 0) is 6.54 Å². The fourth-order valence-corrected chi connectivity index (χ4v) is 2.99. The summed E-state index contributed by atoms with van der Waals surface area (Å²) in [5.74, 6) is -0.439. The Hall–Kier alpha value is -2.28. The van der Waals surface area contributed by atoms with E-state index in [1.807, 2.05) is 11.9 Å². The van der Waals surface area contributed by atoms with Crippen molar-refractivity contribution in [3.05, 3.63) is 40.5 Å². The lowest BCUT2D eigenvalue weighted by atomic mass is 10.2. The van der Waals surface area contributed by atoms with Crippen LogP contribution in [-0.4, -0.2) is 20.1 Å². The highest BCUT2D eigenvalue weighted by atomic mass is 32.1. The minimum atomic E-state index is -0.586. The minimum absolute atomic E-state index is 0.246. The number of amides is 1. The van der Waals surface area contributed by atoms with E-state index in [-0.39, 0.29) is 16.4 Å². The Kier molecular flexibility index (Phi) is 4.32. The zero-order valence-corrected chi connectivity index (χ0v) is 12.5. The maximum Gasteiger partial charge on any atom is 0.261 e. The van der Waals surface area contributed by atoms with Gasteiger partial charge in [0, 0.05) is 13.6 Å². The van der Waals surface area contributed by atoms with Gasteiger partial charge in [0.25, 0.3) is 5.91 Å². The Morgan fingerprint density at radius 3 is 2.52 bits per heavy atom. The second-order valence-corrected chi connectivity index (χ2v) is 5.53. The van der Waals surface area contributed by atoms with Crippen LogP contribution >= 0.6 is 11.3 Å². The van der Waals surface area contributed by atoms with Crippen molar-refractivity contribution in [1.29, 1.82) is 0 Å². The standard InChI is InChI=1S/C14H16FN3O2S/c1-18(7-8-3-5-9(15)6-4-8)14-11(20-2)10(16)12(21-14)13(17)19/h3-6H,7,16H2,1-2H3,(H2,17,19). The molecule has 0 unspecified atom stereocenters. The van der Waals surface area contributed by atoms with Gasteiger partial charge in [0.15, 0.2) is 5.75 Å². The zero-order chi connectivity index (χ0) is 15.6. The molecule has 0 aliphatic carbocycles. The molecule has 0 aliphatic heterocycles. The molecule has 1 aromatic heterocycles. The van der Waals surface area contributed by atoms with Gasteiger partial charge < -0.3 is 21.1 Å². The number of carbonyl (C=O) groups is 1. The number of halogens is 1.